The first-order valence-corrected chi connectivity index (χ1v) is 5.95. The zero-order valence-corrected chi connectivity index (χ0v) is 10.6. The monoisotopic (exact) mass is 257 g/mol. The standard InChI is InChI=1S/C14H15N3O2/c1-15-12-8-5-9-13(14(12)17(18)19)16-10-11-6-3-2-4-7-11/h2-9,15-16H,10H2,1H3. The van der Waals surface area contributed by atoms with Gasteiger partial charge in [-0.15, -0.1) is 0 Å². The number of hydrogen-bond acceptors (Lipinski definition) is 4. The molecule has 0 aliphatic rings. The van der Waals surface area contributed by atoms with Gasteiger partial charge in [-0.1, -0.05) is 36.4 Å². The van der Waals surface area contributed by atoms with Gasteiger partial charge >= 0.3 is 5.69 Å². The number of para-hydroxylation sites is 1. The first-order valence-electron chi connectivity index (χ1n) is 5.95. The zero-order valence-electron chi connectivity index (χ0n) is 10.6. The summed E-state index contributed by atoms with van der Waals surface area (Å²) in [5, 5.41) is 17.1. The summed E-state index contributed by atoms with van der Waals surface area (Å²) >= 11 is 0. The Hall–Kier alpha value is -2.56. The van der Waals surface area contributed by atoms with Gasteiger partial charge in [0.2, 0.25) is 0 Å². The smallest absolute Gasteiger partial charge is 0.315 e. The molecule has 0 atom stereocenters. The van der Waals surface area contributed by atoms with Crippen molar-refractivity contribution in [1.29, 1.82) is 0 Å². The topological polar surface area (TPSA) is 67.2 Å². The number of nitrogens with one attached hydrogen (secondary N) is 2. The molecule has 2 N–H and O–H groups in total. The number of anilines is 2. The molecule has 5 heteroatoms. The van der Waals surface area contributed by atoms with Crippen molar-refractivity contribution in [2.75, 3.05) is 17.7 Å². The van der Waals surface area contributed by atoms with Gasteiger partial charge in [0.05, 0.1) is 4.92 Å². The predicted octanol–water partition coefficient (Wildman–Crippen LogP) is 3.25. The molecule has 0 fully saturated rings. The molecular weight excluding hydrogens is 242 g/mol. The first kappa shape index (κ1) is 12.9. The Labute approximate surface area is 111 Å². The van der Waals surface area contributed by atoms with Crippen LogP contribution < -0.4 is 10.6 Å². The van der Waals surface area contributed by atoms with E-state index in [4.69, 9.17) is 0 Å². The summed E-state index contributed by atoms with van der Waals surface area (Å²) in [7, 11) is 1.67. The van der Waals surface area contributed by atoms with Crippen LogP contribution in [0.1, 0.15) is 5.56 Å². The zero-order chi connectivity index (χ0) is 13.7. The van der Waals surface area contributed by atoms with Crippen LogP contribution in [0.2, 0.25) is 0 Å². The van der Waals surface area contributed by atoms with Crippen molar-refractivity contribution in [3.05, 3.63) is 64.2 Å². The lowest BCUT2D eigenvalue weighted by Gasteiger charge is -2.10. The quantitative estimate of drug-likeness (QED) is 0.637. The maximum atomic E-state index is 11.1. The third-order valence-electron chi connectivity index (χ3n) is 2.81. The van der Waals surface area contributed by atoms with Crippen LogP contribution in [0.25, 0.3) is 0 Å². The summed E-state index contributed by atoms with van der Waals surface area (Å²) in [6, 6.07) is 14.9. The van der Waals surface area contributed by atoms with E-state index in [1.807, 2.05) is 30.3 Å². The van der Waals surface area contributed by atoms with Crippen molar-refractivity contribution in [3.8, 4) is 0 Å². The third kappa shape index (κ3) is 3.01. The molecule has 2 aromatic carbocycles. The average Bonchev–Trinajstić information content (AvgIpc) is 2.45. The second-order valence-electron chi connectivity index (χ2n) is 4.05. The van der Waals surface area contributed by atoms with E-state index >= 15 is 0 Å². The molecule has 19 heavy (non-hydrogen) atoms. The SMILES string of the molecule is CNc1cccc(NCc2ccccc2)c1[N+](=O)[O-]. The Morgan fingerprint density at radius 2 is 1.74 bits per heavy atom. The molecule has 98 valence electrons. The molecule has 0 heterocycles. The minimum absolute atomic E-state index is 0.0703. The van der Waals surface area contributed by atoms with Crippen molar-refractivity contribution in [2.24, 2.45) is 0 Å². The van der Waals surface area contributed by atoms with Crippen molar-refractivity contribution >= 4 is 17.1 Å². The van der Waals surface area contributed by atoms with Gasteiger partial charge in [0, 0.05) is 13.6 Å². The van der Waals surface area contributed by atoms with Gasteiger partial charge in [0.25, 0.3) is 0 Å². The lowest BCUT2D eigenvalue weighted by molar-refractivity contribution is -0.383. The van der Waals surface area contributed by atoms with Crippen LogP contribution in [-0.4, -0.2) is 12.0 Å². The molecule has 0 saturated heterocycles. The van der Waals surface area contributed by atoms with Crippen LogP contribution in [0, 0.1) is 10.1 Å². The van der Waals surface area contributed by atoms with E-state index < -0.39 is 0 Å². The molecule has 0 amide bonds. The Morgan fingerprint density at radius 3 is 2.37 bits per heavy atom. The van der Waals surface area contributed by atoms with Crippen LogP contribution in [-0.2, 0) is 6.54 Å². The van der Waals surface area contributed by atoms with Crippen LogP contribution in [0.3, 0.4) is 0 Å². The highest BCUT2D eigenvalue weighted by molar-refractivity contribution is 5.76. The number of nitro benzene ring substituents is 1. The van der Waals surface area contributed by atoms with Crippen molar-refractivity contribution in [3.63, 3.8) is 0 Å². The normalized spacial score (nSPS) is 9.95. The molecule has 0 radical (unpaired) electrons. The second-order valence-corrected chi connectivity index (χ2v) is 4.05. The predicted molar refractivity (Wildman–Crippen MR) is 76.4 cm³/mol. The number of nitro groups is 1. The second kappa shape index (κ2) is 5.86. The van der Waals surface area contributed by atoms with Crippen LogP contribution in [0.4, 0.5) is 17.1 Å². The summed E-state index contributed by atoms with van der Waals surface area (Å²) in [6.45, 7) is 0.550. The van der Waals surface area contributed by atoms with Crippen molar-refractivity contribution in [2.45, 2.75) is 6.54 Å². The molecule has 2 rings (SSSR count). The summed E-state index contributed by atoms with van der Waals surface area (Å²) in [5.74, 6) is 0. The summed E-state index contributed by atoms with van der Waals surface area (Å²) in [4.78, 5) is 10.8. The number of nitrogens with zero attached hydrogens (tertiary/aromatic N) is 1. The average molecular weight is 257 g/mol. The first-order chi connectivity index (χ1) is 9.22. The van der Waals surface area contributed by atoms with Crippen LogP contribution >= 0.6 is 0 Å². The molecule has 2 aromatic rings. The highest BCUT2D eigenvalue weighted by Crippen LogP contribution is 2.32. The Bertz CT molecular complexity index is 570. The van der Waals surface area contributed by atoms with Gasteiger partial charge in [-0.2, -0.15) is 0 Å². The van der Waals surface area contributed by atoms with Gasteiger partial charge in [-0.05, 0) is 17.7 Å². The van der Waals surface area contributed by atoms with Gasteiger partial charge in [-0.25, -0.2) is 0 Å². The van der Waals surface area contributed by atoms with Gasteiger partial charge < -0.3 is 10.6 Å². The van der Waals surface area contributed by atoms with Crippen molar-refractivity contribution < 1.29 is 4.92 Å². The number of hydrogen-bond donors (Lipinski definition) is 2. The Morgan fingerprint density at radius 1 is 1.05 bits per heavy atom. The fraction of sp³-hybridized carbons (Fsp3) is 0.143. The largest absolute Gasteiger partial charge is 0.382 e. The van der Waals surface area contributed by atoms with E-state index in [9.17, 15) is 10.1 Å². The van der Waals surface area contributed by atoms with E-state index in [1.54, 1.807) is 25.2 Å². The van der Waals surface area contributed by atoms with Crippen LogP contribution in [0.15, 0.2) is 48.5 Å². The summed E-state index contributed by atoms with van der Waals surface area (Å²) in [5.41, 5.74) is 2.16. The summed E-state index contributed by atoms with van der Waals surface area (Å²) < 4.78 is 0. The molecule has 0 aromatic heterocycles. The fourth-order valence-electron chi connectivity index (χ4n) is 1.88. The highest BCUT2D eigenvalue weighted by Gasteiger charge is 2.18. The molecule has 0 saturated carbocycles. The lowest BCUT2D eigenvalue weighted by atomic mass is 10.2. The molecule has 0 aliphatic heterocycles. The summed E-state index contributed by atoms with van der Waals surface area (Å²) in [6.07, 6.45) is 0. The molecule has 5 nitrogen and oxygen atoms in total. The molecule has 0 unspecified atom stereocenters. The Balaban J connectivity index is 2.23. The third-order valence-corrected chi connectivity index (χ3v) is 2.81. The molecule has 0 aliphatic carbocycles. The fourth-order valence-corrected chi connectivity index (χ4v) is 1.88. The van der Waals surface area contributed by atoms with Gasteiger partial charge in [0.15, 0.2) is 0 Å². The van der Waals surface area contributed by atoms with E-state index in [0.29, 0.717) is 17.9 Å². The molecule has 0 bridgehead atoms. The number of rotatable bonds is 5. The molecule has 0 spiro atoms. The molecular formula is C14H15N3O2. The number of benzene rings is 2. The van der Waals surface area contributed by atoms with Crippen molar-refractivity contribution in [1.82, 2.24) is 0 Å². The minimum Gasteiger partial charge on any atom is -0.382 e. The Kier molecular flexibility index (Phi) is 3.97. The van der Waals surface area contributed by atoms with E-state index in [1.165, 1.54) is 0 Å². The van der Waals surface area contributed by atoms with E-state index in [2.05, 4.69) is 10.6 Å². The lowest BCUT2D eigenvalue weighted by Crippen LogP contribution is -2.04. The maximum Gasteiger partial charge on any atom is 0.315 e. The van der Waals surface area contributed by atoms with E-state index in [0.717, 1.165) is 5.56 Å². The maximum absolute atomic E-state index is 11.1. The van der Waals surface area contributed by atoms with Gasteiger partial charge in [0.1, 0.15) is 11.4 Å². The minimum atomic E-state index is -0.376. The highest BCUT2D eigenvalue weighted by atomic mass is 16.6. The van der Waals surface area contributed by atoms with E-state index in [-0.39, 0.29) is 10.6 Å². The van der Waals surface area contributed by atoms with Gasteiger partial charge in [-0.3, -0.25) is 10.1 Å². The van der Waals surface area contributed by atoms with Crippen LogP contribution in [0.5, 0.6) is 0 Å².